The summed E-state index contributed by atoms with van der Waals surface area (Å²) in [7, 11) is -2.05. The lowest BCUT2D eigenvalue weighted by Gasteiger charge is -2.07. The zero-order valence-electron chi connectivity index (χ0n) is 13.3. The molecule has 0 spiro atoms. The number of nitrogens with one attached hydrogen (secondary N) is 1. The SMILES string of the molecule is COc1ccc(NC(N)=NCCc2ccc(S(N)(=O)=O)cc2)cc1. The summed E-state index contributed by atoms with van der Waals surface area (Å²) in [6, 6.07) is 13.7. The van der Waals surface area contributed by atoms with Gasteiger partial charge in [0.1, 0.15) is 5.75 Å². The molecule has 0 bridgehead atoms. The van der Waals surface area contributed by atoms with Crippen molar-refractivity contribution in [2.45, 2.75) is 11.3 Å². The predicted octanol–water partition coefficient (Wildman–Crippen LogP) is 1.31. The van der Waals surface area contributed by atoms with Crippen LogP contribution in [0.4, 0.5) is 5.69 Å². The van der Waals surface area contributed by atoms with Crippen molar-refractivity contribution in [3.8, 4) is 5.75 Å². The molecule has 0 radical (unpaired) electrons. The number of nitrogens with two attached hydrogens (primary N) is 2. The maximum Gasteiger partial charge on any atom is 0.238 e. The first-order valence-corrected chi connectivity index (χ1v) is 8.76. The van der Waals surface area contributed by atoms with Gasteiger partial charge in [-0.15, -0.1) is 0 Å². The molecule has 0 aliphatic heterocycles. The fraction of sp³-hybridized carbons (Fsp3) is 0.188. The normalized spacial score (nSPS) is 12.0. The largest absolute Gasteiger partial charge is 0.497 e. The number of nitrogens with zero attached hydrogens (tertiary/aromatic N) is 1. The van der Waals surface area contributed by atoms with Crippen molar-refractivity contribution < 1.29 is 13.2 Å². The standard InChI is InChI=1S/C16H20N4O3S/c1-23-14-6-4-13(5-7-14)20-16(17)19-11-10-12-2-8-15(9-3-12)24(18,21)22/h2-9H,10-11H2,1H3,(H3,17,19,20)(H2,18,21,22). The molecule has 0 heterocycles. The second kappa shape index (κ2) is 7.80. The Bertz CT molecular complexity index is 800. The van der Waals surface area contributed by atoms with E-state index in [0.29, 0.717) is 18.9 Å². The highest BCUT2D eigenvalue weighted by atomic mass is 32.2. The highest BCUT2D eigenvalue weighted by Gasteiger charge is 2.06. The van der Waals surface area contributed by atoms with Crippen LogP contribution in [0, 0.1) is 0 Å². The Morgan fingerprint density at radius 2 is 1.75 bits per heavy atom. The lowest BCUT2D eigenvalue weighted by atomic mass is 10.1. The molecule has 0 aliphatic rings. The number of hydrogen-bond acceptors (Lipinski definition) is 4. The maximum atomic E-state index is 11.2. The molecule has 2 aromatic carbocycles. The molecule has 24 heavy (non-hydrogen) atoms. The van der Waals surface area contributed by atoms with Crippen LogP contribution in [0.15, 0.2) is 58.4 Å². The third kappa shape index (κ3) is 5.25. The van der Waals surface area contributed by atoms with E-state index in [-0.39, 0.29) is 4.90 Å². The number of methoxy groups -OCH3 is 1. The van der Waals surface area contributed by atoms with Gasteiger partial charge in [0.05, 0.1) is 12.0 Å². The summed E-state index contributed by atoms with van der Waals surface area (Å²) in [5, 5.41) is 8.04. The van der Waals surface area contributed by atoms with Gasteiger partial charge in [0.2, 0.25) is 10.0 Å². The van der Waals surface area contributed by atoms with Crippen molar-refractivity contribution >= 4 is 21.7 Å². The minimum Gasteiger partial charge on any atom is -0.497 e. The van der Waals surface area contributed by atoms with Crippen molar-refractivity contribution in [2.75, 3.05) is 19.0 Å². The Labute approximate surface area is 141 Å². The molecule has 0 amide bonds. The quantitative estimate of drug-likeness (QED) is 0.537. The van der Waals surface area contributed by atoms with Crippen LogP contribution in [-0.4, -0.2) is 28.0 Å². The predicted molar refractivity (Wildman–Crippen MR) is 94.6 cm³/mol. The van der Waals surface area contributed by atoms with Gasteiger partial charge in [-0.2, -0.15) is 0 Å². The molecule has 0 aromatic heterocycles. The van der Waals surface area contributed by atoms with Crippen LogP contribution >= 0.6 is 0 Å². The topological polar surface area (TPSA) is 120 Å². The summed E-state index contributed by atoms with van der Waals surface area (Å²) >= 11 is 0. The number of benzene rings is 2. The lowest BCUT2D eigenvalue weighted by molar-refractivity contribution is 0.415. The molecule has 5 N–H and O–H groups in total. The van der Waals surface area contributed by atoms with Gasteiger partial charge in [0, 0.05) is 12.2 Å². The van der Waals surface area contributed by atoms with Gasteiger partial charge < -0.3 is 15.8 Å². The molecule has 2 rings (SSSR count). The first-order chi connectivity index (χ1) is 11.4. The molecule has 0 fully saturated rings. The minimum atomic E-state index is -3.66. The molecule has 0 aliphatic carbocycles. The van der Waals surface area contributed by atoms with Crippen LogP contribution in [-0.2, 0) is 16.4 Å². The van der Waals surface area contributed by atoms with Crippen LogP contribution in [0.2, 0.25) is 0 Å². The Hall–Kier alpha value is -2.58. The zero-order chi connectivity index (χ0) is 17.6. The number of ether oxygens (including phenoxy) is 1. The zero-order valence-corrected chi connectivity index (χ0v) is 14.1. The van der Waals surface area contributed by atoms with Crippen molar-refractivity contribution in [2.24, 2.45) is 15.9 Å². The van der Waals surface area contributed by atoms with Gasteiger partial charge in [0.25, 0.3) is 0 Å². The summed E-state index contributed by atoms with van der Waals surface area (Å²) in [5.74, 6) is 1.07. The van der Waals surface area contributed by atoms with Crippen molar-refractivity contribution in [1.29, 1.82) is 0 Å². The Balaban J connectivity index is 1.88. The fourth-order valence-electron chi connectivity index (χ4n) is 2.01. The van der Waals surface area contributed by atoms with E-state index in [0.717, 1.165) is 17.0 Å². The maximum absolute atomic E-state index is 11.2. The monoisotopic (exact) mass is 348 g/mol. The van der Waals surface area contributed by atoms with E-state index in [1.807, 2.05) is 24.3 Å². The molecule has 0 saturated heterocycles. The molecule has 0 unspecified atom stereocenters. The van der Waals surface area contributed by atoms with Crippen LogP contribution in [0.3, 0.4) is 0 Å². The van der Waals surface area contributed by atoms with Crippen molar-refractivity contribution in [3.05, 3.63) is 54.1 Å². The van der Waals surface area contributed by atoms with E-state index < -0.39 is 10.0 Å². The van der Waals surface area contributed by atoms with Gasteiger partial charge >= 0.3 is 0 Å². The number of guanidine groups is 1. The minimum absolute atomic E-state index is 0.0930. The third-order valence-electron chi connectivity index (χ3n) is 3.30. The highest BCUT2D eigenvalue weighted by molar-refractivity contribution is 7.89. The number of hydrogen-bond donors (Lipinski definition) is 3. The van der Waals surface area contributed by atoms with Gasteiger partial charge in [-0.3, -0.25) is 4.99 Å². The first kappa shape index (κ1) is 17.8. The molecule has 2 aromatic rings. The van der Waals surface area contributed by atoms with Gasteiger partial charge in [0.15, 0.2) is 5.96 Å². The van der Waals surface area contributed by atoms with E-state index in [1.165, 1.54) is 12.1 Å². The van der Waals surface area contributed by atoms with Crippen LogP contribution in [0.1, 0.15) is 5.56 Å². The number of sulfonamides is 1. The van der Waals surface area contributed by atoms with E-state index >= 15 is 0 Å². The molecular formula is C16H20N4O3S. The number of anilines is 1. The highest BCUT2D eigenvalue weighted by Crippen LogP contribution is 2.14. The van der Waals surface area contributed by atoms with Gasteiger partial charge in [-0.05, 0) is 48.4 Å². The molecule has 0 saturated carbocycles. The van der Waals surface area contributed by atoms with Crippen LogP contribution in [0.5, 0.6) is 5.75 Å². The smallest absolute Gasteiger partial charge is 0.238 e. The first-order valence-electron chi connectivity index (χ1n) is 7.21. The second-order valence-corrected chi connectivity index (χ2v) is 6.62. The van der Waals surface area contributed by atoms with E-state index in [1.54, 1.807) is 19.2 Å². The molecular weight excluding hydrogens is 328 g/mol. The molecule has 7 nitrogen and oxygen atoms in total. The molecule has 128 valence electrons. The molecule has 8 heteroatoms. The van der Waals surface area contributed by atoms with Crippen molar-refractivity contribution in [1.82, 2.24) is 0 Å². The second-order valence-electron chi connectivity index (χ2n) is 5.06. The van der Waals surface area contributed by atoms with Crippen LogP contribution in [0.25, 0.3) is 0 Å². The lowest BCUT2D eigenvalue weighted by Crippen LogP contribution is -2.23. The van der Waals surface area contributed by atoms with Crippen LogP contribution < -0.4 is 20.9 Å². The van der Waals surface area contributed by atoms with E-state index in [4.69, 9.17) is 15.6 Å². The number of rotatable bonds is 6. The van der Waals surface area contributed by atoms with Gasteiger partial charge in [-0.1, -0.05) is 12.1 Å². The summed E-state index contributed by atoms with van der Waals surface area (Å²) in [5.41, 5.74) is 7.60. The van der Waals surface area contributed by atoms with E-state index in [9.17, 15) is 8.42 Å². The average Bonchev–Trinajstić information content (AvgIpc) is 2.55. The summed E-state index contributed by atoms with van der Waals surface area (Å²) in [4.78, 5) is 4.33. The van der Waals surface area contributed by atoms with Gasteiger partial charge in [-0.25, -0.2) is 13.6 Å². The third-order valence-corrected chi connectivity index (χ3v) is 4.23. The fourth-order valence-corrected chi connectivity index (χ4v) is 2.53. The molecule has 0 atom stereocenters. The number of primary sulfonamides is 1. The summed E-state index contributed by atoms with van der Waals surface area (Å²) in [6.07, 6.45) is 0.635. The van der Waals surface area contributed by atoms with E-state index in [2.05, 4.69) is 10.3 Å². The van der Waals surface area contributed by atoms with Crippen molar-refractivity contribution in [3.63, 3.8) is 0 Å². The summed E-state index contributed by atoms with van der Waals surface area (Å²) < 4.78 is 27.5. The number of aliphatic imine (C=N–C) groups is 1. The average molecular weight is 348 g/mol. The Kier molecular flexibility index (Phi) is 5.78. The Morgan fingerprint density at radius 1 is 1.12 bits per heavy atom. The Morgan fingerprint density at radius 3 is 2.29 bits per heavy atom. The summed E-state index contributed by atoms with van der Waals surface area (Å²) in [6.45, 7) is 0.476.